The molecule has 5 rings (SSSR count). The Balaban J connectivity index is 1.42. The largest absolute Gasteiger partial charge is 0.345 e. The summed E-state index contributed by atoms with van der Waals surface area (Å²) in [6, 6.07) is 18.6. The van der Waals surface area contributed by atoms with Gasteiger partial charge in [-0.3, -0.25) is 14.6 Å². The van der Waals surface area contributed by atoms with Gasteiger partial charge in [0.25, 0.3) is 5.91 Å². The Hall–Kier alpha value is -2.86. The van der Waals surface area contributed by atoms with E-state index in [2.05, 4.69) is 54.2 Å². The molecule has 1 spiro atoms. The molecule has 0 unspecified atom stereocenters. The number of carbonyl (C=O) groups is 2. The highest BCUT2D eigenvalue weighted by molar-refractivity contribution is 5.97. The van der Waals surface area contributed by atoms with Crippen LogP contribution in [0.3, 0.4) is 0 Å². The third kappa shape index (κ3) is 4.19. The maximum Gasteiger partial charge on any atom is 0.325 e. The molecule has 0 radical (unpaired) electrons. The molecule has 0 bridgehead atoms. The molecule has 3 fully saturated rings. The minimum absolute atomic E-state index is 0.000688. The number of anilines is 1. The van der Waals surface area contributed by atoms with Crippen molar-refractivity contribution in [2.24, 2.45) is 5.92 Å². The number of urea groups is 1. The van der Waals surface area contributed by atoms with Gasteiger partial charge in [-0.25, -0.2) is 4.79 Å². The summed E-state index contributed by atoms with van der Waals surface area (Å²) in [6.45, 7) is 1.59. The topological polar surface area (TPSA) is 47.1 Å². The molecule has 0 aromatic heterocycles. The maximum atomic E-state index is 13.9. The van der Waals surface area contributed by atoms with Crippen molar-refractivity contribution in [2.45, 2.75) is 56.0 Å². The molecule has 1 saturated heterocycles. The zero-order chi connectivity index (χ0) is 25.5. The third-order valence-corrected chi connectivity index (χ3v) is 9.16. The Kier molecular flexibility index (Phi) is 6.58. The molecular formula is C30H40N4O2. The third-order valence-electron chi connectivity index (χ3n) is 9.16. The van der Waals surface area contributed by atoms with Gasteiger partial charge in [0, 0.05) is 37.4 Å². The standard InChI is InChI=1S/C30H40N4O2/c1-31(2)27(35)24-13-15-26(16-14-24)33-22-29(34(28(33)36)21-23-9-8-10-23)17-19-30(20-18-29,32(3)4)25-11-6-5-7-12-25/h5-7,11-16,23H,8-10,17-22H2,1-4H3/t29-,30-. The summed E-state index contributed by atoms with van der Waals surface area (Å²) in [5, 5.41) is 0. The molecule has 0 atom stereocenters. The summed E-state index contributed by atoms with van der Waals surface area (Å²) in [7, 11) is 7.91. The van der Waals surface area contributed by atoms with Crippen LogP contribution in [-0.4, -0.2) is 73.5 Å². The van der Waals surface area contributed by atoms with E-state index in [0.29, 0.717) is 11.5 Å². The number of benzene rings is 2. The first kappa shape index (κ1) is 24.8. The number of nitrogens with zero attached hydrogens (tertiary/aromatic N) is 4. The number of hydrogen-bond acceptors (Lipinski definition) is 3. The minimum atomic E-state index is -0.140. The van der Waals surface area contributed by atoms with Crippen LogP contribution >= 0.6 is 0 Å². The second kappa shape index (κ2) is 9.55. The minimum Gasteiger partial charge on any atom is -0.345 e. The van der Waals surface area contributed by atoms with Crippen molar-refractivity contribution in [3.8, 4) is 0 Å². The molecule has 1 heterocycles. The van der Waals surface area contributed by atoms with Crippen molar-refractivity contribution in [3.63, 3.8) is 0 Å². The quantitative estimate of drug-likeness (QED) is 0.562. The zero-order valence-electron chi connectivity index (χ0n) is 22.2. The van der Waals surface area contributed by atoms with Crippen LogP contribution < -0.4 is 4.90 Å². The summed E-state index contributed by atoms with van der Waals surface area (Å²) in [5.41, 5.74) is 2.77. The molecule has 3 amide bonds. The van der Waals surface area contributed by atoms with Crippen molar-refractivity contribution in [2.75, 3.05) is 46.2 Å². The van der Waals surface area contributed by atoms with E-state index in [-0.39, 0.29) is 23.0 Å². The molecule has 6 heteroatoms. The highest BCUT2D eigenvalue weighted by Crippen LogP contribution is 2.50. The molecule has 0 N–H and O–H groups in total. The second-order valence-corrected chi connectivity index (χ2v) is 11.5. The van der Waals surface area contributed by atoms with E-state index in [0.717, 1.165) is 44.5 Å². The van der Waals surface area contributed by atoms with Gasteiger partial charge in [0.2, 0.25) is 0 Å². The van der Waals surface area contributed by atoms with Crippen LogP contribution in [0.15, 0.2) is 54.6 Å². The fourth-order valence-electron chi connectivity index (χ4n) is 6.54. The van der Waals surface area contributed by atoms with E-state index in [9.17, 15) is 9.59 Å². The SMILES string of the molecule is CN(C)C(=O)c1ccc(N2C[C@]3(CC[C@@](c4ccccc4)(N(C)C)CC3)N(CC3CCC3)C2=O)cc1. The van der Waals surface area contributed by atoms with Crippen LogP contribution in [0.1, 0.15) is 60.9 Å². The van der Waals surface area contributed by atoms with Crippen LogP contribution in [-0.2, 0) is 5.54 Å². The van der Waals surface area contributed by atoms with Gasteiger partial charge in [0.15, 0.2) is 0 Å². The van der Waals surface area contributed by atoms with Crippen molar-refractivity contribution in [3.05, 3.63) is 65.7 Å². The molecule has 2 aromatic rings. The fraction of sp³-hybridized carbons (Fsp3) is 0.533. The monoisotopic (exact) mass is 488 g/mol. The number of amides is 3. The van der Waals surface area contributed by atoms with Crippen LogP contribution in [0.25, 0.3) is 0 Å². The van der Waals surface area contributed by atoms with Crippen molar-refractivity contribution in [1.82, 2.24) is 14.7 Å². The molecule has 192 valence electrons. The summed E-state index contributed by atoms with van der Waals surface area (Å²) < 4.78 is 0. The highest BCUT2D eigenvalue weighted by atomic mass is 16.2. The van der Waals surface area contributed by atoms with Gasteiger partial charge in [-0.1, -0.05) is 36.8 Å². The van der Waals surface area contributed by atoms with E-state index in [4.69, 9.17) is 0 Å². The maximum absolute atomic E-state index is 13.9. The Bertz CT molecular complexity index is 1080. The van der Waals surface area contributed by atoms with E-state index in [1.165, 1.54) is 24.8 Å². The molecular weight excluding hydrogens is 448 g/mol. The lowest BCUT2D eigenvalue weighted by Gasteiger charge is -2.51. The van der Waals surface area contributed by atoms with Gasteiger partial charge in [0.1, 0.15) is 0 Å². The predicted octanol–water partition coefficient (Wildman–Crippen LogP) is 5.20. The van der Waals surface area contributed by atoms with Gasteiger partial charge < -0.3 is 9.80 Å². The Morgan fingerprint density at radius 1 is 0.917 bits per heavy atom. The normalized spacial score (nSPS) is 26.5. The van der Waals surface area contributed by atoms with Gasteiger partial charge in [-0.05, 0) is 88.4 Å². The van der Waals surface area contributed by atoms with E-state index in [1.54, 1.807) is 19.0 Å². The molecule has 2 aromatic carbocycles. The van der Waals surface area contributed by atoms with Gasteiger partial charge >= 0.3 is 6.03 Å². The van der Waals surface area contributed by atoms with E-state index < -0.39 is 0 Å². The van der Waals surface area contributed by atoms with Crippen LogP contribution in [0.2, 0.25) is 0 Å². The molecule has 6 nitrogen and oxygen atoms in total. The van der Waals surface area contributed by atoms with Crippen LogP contribution in [0.5, 0.6) is 0 Å². The zero-order valence-corrected chi connectivity index (χ0v) is 22.2. The van der Waals surface area contributed by atoms with E-state index in [1.807, 2.05) is 29.2 Å². The molecule has 2 aliphatic carbocycles. The lowest BCUT2D eigenvalue weighted by molar-refractivity contribution is 0.0172. The lowest BCUT2D eigenvalue weighted by atomic mass is 9.68. The summed E-state index contributed by atoms with van der Waals surface area (Å²) in [4.78, 5) is 34.4. The molecule has 36 heavy (non-hydrogen) atoms. The lowest BCUT2D eigenvalue weighted by Crippen LogP contribution is -2.56. The fourth-order valence-corrected chi connectivity index (χ4v) is 6.54. The van der Waals surface area contributed by atoms with Crippen molar-refractivity contribution in [1.29, 1.82) is 0 Å². The Labute approximate surface area is 215 Å². The smallest absolute Gasteiger partial charge is 0.325 e. The number of rotatable bonds is 6. The van der Waals surface area contributed by atoms with Crippen molar-refractivity contribution < 1.29 is 9.59 Å². The first-order valence-electron chi connectivity index (χ1n) is 13.4. The second-order valence-electron chi connectivity index (χ2n) is 11.5. The van der Waals surface area contributed by atoms with Gasteiger partial charge in [0.05, 0.1) is 12.1 Å². The average molecular weight is 489 g/mol. The molecule has 3 aliphatic rings. The predicted molar refractivity (Wildman–Crippen MR) is 144 cm³/mol. The Morgan fingerprint density at radius 3 is 2.08 bits per heavy atom. The van der Waals surface area contributed by atoms with Crippen molar-refractivity contribution >= 4 is 17.6 Å². The number of carbonyl (C=O) groups excluding carboxylic acids is 2. The first-order chi connectivity index (χ1) is 17.3. The highest BCUT2D eigenvalue weighted by Gasteiger charge is 2.55. The number of hydrogen-bond donors (Lipinski definition) is 0. The first-order valence-corrected chi connectivity index (χ1v) is 13.4. The summed E-state index contributed by atoms with van der Waals surface area (Å²) in [5.74, 6) is 0.603. The average Bonchev–Trinajstić information content (AvgIpc) is 3.12. The van der Waals surface area contributed by atoms with Gasteiger partial charge in [-0.15, -0.1) is 0 Å². The molecule has 1 aliphatic heterocycles. The van der Waals surface area contributed by atoms with Crippen LogP contribution in [0.4, 0.5) is 10.5 Å². The summed E-state index contributed by atoms with van der Waals surface area (Å²) >= 11 is 0. The van der Waals surface area contributed by atoms with Gasteiger partial charge in [-0.2, -0.15) is 0 Å². The van der Waals surface area contributed by atoms with Crippen LogP contribution in [0, 0.1) is 5.92 Å². The van der Waals surface area contributed by atoms with E-state index >= 15 is 0 Å². The Morgan fingerprint density at radius 2 is 1.56 bits per heavy atom. The molecule has 2 saturated carbocycles. The summed E-state index contributed by atoms with van der Waals surface area (Å²) in [6.07, 6.45) is 7.78.